The van der Waals surface area contributed by atoms with E-state index < -0.39 is 6.10 Å². The van der Waals surface area contributed by atoms with Crippen LogP contribution in [0, 0.1) is 0 Å². The van der Waals surface area contributed by atoms with Crippen molar-refractivity contribution in [3.8, 4) is 5.75 Å². The first-order chi connectivity index (χ1) is 13.0. The topological polar surface area (TPSA) is 76.2 Å². The van der Waals surface area contributed by atoms with Gasteiger partial charge < -0.3 is 19.3 Å². The van der Waals surface area contributed by atoms with Gasteiger partial charge in [-0.3, -0.25) is 14.4 Å². The number of hydrogen-bond acceptors (Lipinski definition) is 5. The second-order valence-electron chi connectivity index (χ2n) is 6.25. The normalized spacial score (nSPS) is 15.7. The summed E-state index contributed by atoms with van der Waals surface area (Å²) in [5.74, 6) is 0.128. The molecule has 0 spiro atoms. The van der Waals surface area contributed by atoms with Gasteiger partial charge in [0.15, 0.2) is 6.10 Å². The number of hydrogen-bond donors (Lipinski definition) is 0. The van der Waals surface area contributed by atoms with Gasteiger partial charge in [0.25, 0.3) is 5.91 Å². The van der Waals surface area contributed by atoms with E-state index in [4.69, 9.17) is 9.47 Å². The molecule has 2 amide bonds. The zero-order valence-corrected chi connectivity index (χ0v) is 16.3. The molecule has 1 aliphatic heterocycles. The number of fused-ring (bicyclic) bond motifs is 1. The SMILES string of the molecule is CCOC(=O)CCN(CC)C(=O)CCN1C(=O)C(CC)Oc2ccccc21. The second kappa shape index (κ2) is 9.94. The number of carbonyl (C=O) groups excluding carboxylic acids is 3. The maximum atomic E-state index is 12.7. The highest BCUT2D eigenvalue weighted by atomic mass is 16.5. The summed E-state index contributed by atoms with van der Waals surface area (Å²) < 4.78 is 10.7. The number of esters is 1. The summed E-state index contributed by atoms with van der Waals surface area (Å²) in [7, 11) is 0. The van der Waals surface area contributed by atoms with Gasteiger partial charge in [0.1, 0.15) is 5.75 Å². The molecule has 1 heterocycles. The Hall–Kier alpha value is -2.57. The van der Waals surface area contributed by atoms with E-state index >= 15 is 0 Å². The quantitative estimate of drug-likeness (QED) is 0.619. The zero-order valence-electron chi connectivity index (χ0n) is 16.3. The summed E-state index contributed by atoms with van der Waals surface area (Å²) >= 11 is 0. The summed E-state index contributed by atoms with van der Waals surface area (Å²) in [6.07, 6.45) is 0.400. The van der Waals surface area contributed by atoms with Crippen molar-refractivity contribution in [2.24, 2.45) is 0 Å². The number of amides is 2. The highest BCUT2D eigenvalue weighted by molar-refractivity contribution is 6.00. The van der Waals surface area contributed by atoms with E-state index in [9.17, 15) is 14.4 Å². The average Bonchev–Trinajstić information content (AvgIpc) is 2.67. The molecule has 0 N–H and O–H groups in total. The Bertz CT molecular complexity index is 676. The Balaban J connectivity index is 2.00. The van der Waals surface area contributed by atoms with E-state index in [2.05, 4.69) is 0 Å². The fraction of sp³-hybridized carbons (Fsp3) is 0.550. The monoisotopic (exact) mass is 376 g/mol. The molecule has 7 heteroatoms. The van der Waals surface area contributed by atoms with Gasteiger partial charge in [-0.25, -0.2) is 0 Å². The molecule has 0 bridgehead atoms. The summed E-state index contributed by atoms with van der Waals surface area (Å²) in [5, 5.41) is 0. The number of rotatable bonds is 9. The van der Waals surface area contributed by atoms with Gasteiger partial charge in [-0.15, -0.1) is 0 Å². The number of ether oxygens (including phenoxy) is 2. The van der Waals surface area contributed by atoms with E-state index in [-0.39, 0.29) is 37.2 Å². The van der Waals surface area contributed by atoms with E-state index in [1.807, 2.05) is 38.1 Å². The maximum Gasteiger partial charge on any atom is 0.307 e. The van der Waals surface area contributed by atoms with Crippen LogP contribution in [0.3, 0.4) is 0 Å². The van der Waals surface area contributed by atoms with Gasteiger partial charge in [-0.05, 0) is 32.4 Å². The maximum absolute atomic E-state index is 12.7. The molecule has 1 atom stereocenters. The lowest BCUT2D eigenvalue weighted by atomic mass is 10.1. The van der Waals surface area contributed by atoms with E-state index in [1.54, 1.807) is 16.7 Å². The highest BCUT2D eigenvalue weighted by Crippen LogP contribution is 2.34. The Morgan fingerprint density at radius 1 is 1.19 bits per heavy atom. The van der Waals surface area contributed by atoms with Crippen LogP contribution in [-0.2, 0) is 19.1 Å². The summed E-state index contributed by atoms with van der Waals surface area (Å²) in [6, 6.07) is 7.35. The van der Waals surface area contributed by atoms with Crippen molar-refractivity contribution in [2.75, 3.05) is 31.1 Å². The first kappa shape index (κ1) is 20.7. The van der Waals surface area contributed by atoms with Gasteiger partial charge in [-0.2, -0.15) is 0 Å². The molecule has 2 rings (SSSR count). The van der Waals surface area contributed by atoms with E-state index in [0.29, 0.717) is 37.6 Å². The van der Waals surface area contributed by atoms with Gasteiger partial charge >= 0.3 is 5.97 Å². The van der Waals surface area contributed by atoms with Crippen molar-refractivity contribution in [3.05, 3.63) is 24.3 Å². The van der Waals surface area contributed by atoms with Crippen LogP contribution >= 0.6 is 0 Å². The molecule has 7 nitrogen and oxygen atoms in total. The Labute approximate surface area is 160 Å². The molecule has 1 aliphatic rings. The Kier molecular flexibility index (Phi) is 7.64. The number of nitrogens with zero attached hydrogens (tertiary/aromatic N) is 2. The zero-order chi connectivity index (χ0) is 19.8. The van der Waals surface area contributed by atoms with Crippen LogP contribution in [0.4, 0.5) is 5.69 Å². The van der Waals surface area contributed by atoms with E-state index in [1.165, 1.54) is 0 Å². The third-order valence-corrected chi connectivity index (χ3v) is 4.51. The van der Waals surface area contributed by atoms with Crippen LogP contribution < -0.4 is 9.64 Å². The standard InChI is InChI=1S/C20H28N2O5/c1-4-16-20(25)22(15-9-7-8-10-17(15)27-16)14-11-18(23)21(5-2)13-12-19(24)26-6-3/h7-10,16H,4-6,11-14H2,1-3H3. The molecule has 148 valence electrons. The number of para-hydroxylation sites is 2. The second-order valence-corrected chi connectivity index (χ2v) is 6.25. The summed E-state index contributed by atoms with van der Waals surface area (Å²) in [4.78, 5) is 40.0. The lowest BCUT2D eigenvalue weighted by molar-refractivity contribution is -0.144. The van der Waals surface area contributed by atoms with Crippen molar-refractivity contribution in [2.45, 2.75) is 46.1 Å². The summed E-state index contributed by atoms with van der Waals surface area (Å²) in [6.45, 7) is 6.95. The lowest BCUT2D eigenvalue weighted by Gasteiger charge is -2.34. The number of anilines is 1. The molecule has 0 radical (unpaired) electrons. The van der Waals surface area contributed by atoms with Crippen LogP contribution in [0.2, 0.25) is 0 Å². The van der Waals surface area contributed by atoms with Crippen LogP contribution in [-0.4, -0.2) is 55.0 Å². The van der Waals surface area contributed by atoms with Crippen molar-refractivity contribution >= 4 is 23.5 Å². The van der Waals surface area contributed by atoms with Crippen molar-refractivity contribution in [1.29, 1.82) is 0 Å². The smallest absolute Gasteiger partial charge is 0.307 e. The molecule has 0 saturated heterocycles. The molecule has 0 aromatic heterocycles. The van der Waals surface area contributed by atoms with Crippen LogP contribution in [0.5, 0.6) is 5.75 Å². The first-order valence-corrected chi connectivity index (χ1v) is 9.52. The number of carbonyl (C=O) groups is 3. The molecular weight excluding hydrogens is 348 g/mol. The minimum absolute atomic E-state index is 0.0911. The number of benzene rings is 1. The van der Waals surface area contributed by atoms with Crippen LogP contribution in [0.15, 0.2) is 24.3 Å². The van der Waals surface area contributed by atoms with Gasteiger partial charge in [-0.1, -0.05) is 19.1 Å². The molecule has 1 unspecified atom stereocenters. The molecule has 0 saturated carbocycles. The molecule has 27 heavy (non-hydrogen) atoms. The van der Waals surface area contributed by atoms with Gasteiger partial charge in [0.2, 0.25) is 5.91 Å². The third kappa shape index (κ3) is 5.21. The first-order valence-electron chi connectivity index (χ1n) is 9.52. The molecule has 0 aliphatic carbocycles. The molecule has 1 aromatic carbocycles. The molecule has 0 fully saturated rings. The van der Waals surface area contributed by atoms with Gasteiger partial charge in [0, 0.05) is 26.1 Å². The Morgan fingerprint density at radius 2 is 1.93 bits per heavy atom. The predicted octanol–water partition coefficient (Wildman–Crippen LogP) is 2.38. The predicted molar refractivity (Wildman–Crippen MR) is 102 cm³/mol. The fourth-order valence-electron chi connectivity index (χ4n) is 3.05. The summed E-state index contributed by atoms with van der Waals surface area (Å²) in [5.41, 5.74) is 0.689. The van der Waals surface area contributed by atoms with Crippen LogP contribution in [0.25, 0.3) is 0 Å². The van der Waals surface area contributed by atoms with Gasteiger partial charge in [0.05, 0.1) is 18.7 Å². The highest BCUT2D eigenvalue weighted by Gasteiger charge is 2.33. The van der Waals surface area contributed by atoms with Crippen molar-refractivity contribution < 1.29 is 23.9 Å². The van der Waals surface area contributed by atoms with Crippen LogP contribution in [0.1, 0.15) is 40.0 Å². The Morgan fingerprint density at radius 3 is 2.59 bits per heavy atom. The fourth-order valence-corrected chi connectivity index (χ4v) is 3.05. The molecular formula is C20H28N2O5. The lowest BCUT2D eigenvalue weighted by Crippen LogP contribution is -2.47. The van der Waals surface area contributed by atoms with Crippen molar-refractivity contribution in [1.82, 2.24) is 4.90 Å². The third-order valence-electron chi connectivity index (χ3n) is 4.51. The van der Waals surface area contributed by atoms with E-state index in [0.717, 1.165) is 0 Å². The molecule has 1 aromatic rings. The largest absolute Gasteiger partial charge is 0.478 e. The minimum Gasteiger partial charge on any atom is -0.478 e. The van der Waals surface area contributed by atoms with Crippen molar-refractivity contribution in [3.63, 3.8) is 0 Å². The minimum atomic E-state index is -0.527. The average molecular weight is 376 g/mol.